The van der Waals surface area contributed by atoms with Crippen molar-refractivity contribution in [3.8, 4) is 22.6 Å². The summed E-state index contributed by atoms with van der Waals surface area (Å²) in [7, 11) is 0. The van der Waals surface area contributed by atoms with Crippen molar-refractivity contribution < 1.29 is 19.5 Å². The number of primary amides is 1. The molecule has 0 spiro atoms. The number of aliphatic carboxylic acids is 1. The van der Waals surface area contributed by atoms with Crippen molar-refractivity contribution in [3.63, 3.8) is 0 Å². The third kappa shape index (κ3) is 5.43. The van der Waals surface area contributed by atoms with Gasteiger partial charge in [-0.15, -0.1) is 0 Å². The van der Waals surface area contributed by atoms with E-state index in [1.807, 2.05) is 54.6 Å². The molecular weight excluding hydrogens is 532 g/mol. The van der Waals surface area contributed by atoms with Gasteiger partial charge >= 0.3 is 5.97 Å². The Morgan fingerprint density at radius 3 is 2.43 bits per heavy atom. The van der Waals surface area contributed by atoms with Crippen LogP contribution in [-0.2, 0) is 9.59 Å². The number of nitrogens with one attached hydrogen (secondary N) is 1. The summed E-state index contributed by atoms with van der Waals surface area (Å²) in [5, 5.41) is 11.8. The van der Waals surface area contributed by atoms with Gasteiger partial charge < -0.3 is 20.7 Å². The lowest BCUT2D eigenvalue weighted by Crippen LogP contribution is -2.43. The van der Waals surface area contributed by atoms with E-state index in [0.717, 1.165) is 64.9 Å². The van der Waals surface area contributed by atoms with Gasteiger partial charge in [-0.05, 0) is 49.2 Å². The van der Waals surface area contributed by atoms with Gasteiger partial charge in [0.05, 0.1) is 40.4 Å². The van der Waals surface area contributed by atoms with E-state index in [1.54, 1.807) is 18.3 Å². The minimum absolute atomic E-state index is 0.246. The molecule has 0 radical (unpaired) electrons. The summed E-state index contributed by atoms with van der Waals surface area (Å²) < 4.78 is 2.26. The van der Waals surface area contributed by atoms with E-state index < -0.39 is 30.2 Å². The molecule has 5 aromatic rings. The lowest BCUT2D eigenvalue weighted by molar-refractivity contribution is -0.140. The van der Waals surface area contributed by atoms with E-state index in [4.69, 9.17) is 20.7 Å². The first-order chi connectivity index (χ1) is 20.4. The molecule has 1 atom stereocenters. The fourth-order valence-electron chi connectivity index (χ4n) is 5.69. The van der Waals surface area contributed by atoms with Crippen LogP contribution in [0.1, 0.15) is 54.9 Å². The van der Waals surface area contributed by atoms with Gasteiger partial charge in [0.15, 0.2) is 0 Å². The smallest absolute Gasteiger partial charge is 0.326 e. The molecule has 3 aromatic carbocycles. The summed E-state index contributed by atoms with van der Waals surface area (Å²) in [5.74, 6) is -1.98. The molecule has 1 aliphatic carbocycles. The number of benzene rings is 3. The van der Waals surface area contributed by atoms with Crippen LogP contribution < -0.4 is 11.1 Å². The second kappa shape index (κ2) is 11.4. The van der Waals surface area contributed by atoms with Gasteiger partial charge in [-0.25, -0.2) is 14.8 Å². The molecule has 0 aliphatic heterocycles. The molecule has 2 heterocycles. The van der Waals surface area contributed by atoms with E-state index in [2.05, 4.69) is 9.88 Å². The monoisotopic (exact) mass is 562 g/mol. The van der Waals surface area contributed by atoms with Crippen LogP contribution in [0.5, 0.6) is 0 Å². The predicted octanol–water partition coefficient (Wildman–Crippen LogP) is 4.88. The third-order valence-corrected chi connectivity index (χ3v) is 7.77. The average Bonchev–Trinajstić information content (AvgIpc) is 3.39. The number of hydrogen-bond donors (Lipinski definition) is 3. The highest BCUT2D eigenvalue weighted by atomic mass is 16.4. The maximum absolute atomic E-state index is 12.9. The Balaban J connectivity index is 1.39. The molecule has 10 heteroatoms. The van der Waals surface area contributed by atoms with E-state index in [0.29, 0.717) is 5.52 Å². The molecule has 42 heavy (non-hydrogen) atoms. The van der Waals surface area contributed by atoms with Crippen LogP contribution in [0.25, 0.3) is 44.7 Å². The maximum Gasteiger partial charge on any atom is 0.326 e. The highest BCUT2D eigenvalue weighted by molar-refractivity contribution is 6.00. The first-order valence-electron chi connectivity index (χ1n) is 14.0. The van der Waals surface area contributed by atoms with Gasteiger partial charge in [-0.2, -0.15) is 0 Å². The Hall–Kier alpha value is -5.12. The minimum atomic E-state index is -1.41. The number of imidazole rings is 1. The van der Waals surface area contributed by atoms with Crippen LogP contribution in [0.4, 0.5) is 0 Å². The van der Waals surface area contributed by atoms with Gasteiger partial charge in [0.1, 0.15) is 11.9 Å². The molecule has 2 amide bonds. The lowest BCUT2D eigenvalue weighted by atomic mass is 9.94. The number of amides is 2. The third-order valence-electron chi connectivity index (χ3n) is 7.77. The van der Waals surface area contributed by atoms with Crippen molar-refractivity contribution in [1.82, 2.24) is 24.8 Å². The molecule has 212 valence electrons. The zero-order chi connectivity index (χ0) is 29.2. The quantitative estimate of drug-likeness (QED) is 0.244. The number of carbonyl (C=O) groups excluding carboxylic acids is 2. The molecule has 1 saturated carbocycles. The number of carboxylic acids is 1. The largest absolute Gasteiger partial charge is 0.480 e. The van der Waals surface area contributed by atoms with Gasteiger partial charge in [0.2, 0.25) is 5.91 Å². The maximum atomic E-state index is 12.9. The number of nitrogens with two attached hydrogens (primary N) is 1. The highest BCUT2D eigenvalue weighted by Gasteiger charge is 2.25. The summed E-state index contributed by atoms with van der Waals surface area (Å²) >= 11 is 0. The van der Waals surface area contributed by atoms with E-state index in [9.17, 15) is 19.5 Å². The Labute approximate surface area is 241 Å². The van der Waals surface area contributed by atoms with Gasteiger partial charge in [-0.3, -0.25) is 14.6 Å². The Morgan fingerprint density at radius 1 is 0.905 bits per heavy atom. The Kier molecular flexibility index (Phi) is 7.35. The summed E-state index contributed by atoms with van der Waals surface area (Å²) in [4.78, 5) is 50.3. The second-order valence-electron chi connectivity index (χ2n) is 10.7. The van der Waals surface area contributed by atoms with Crippen molar-refractivity contribution in [2.24, 2.45) is 5.73 Å². The highest BCUT2D eigenvalue weighted by Crippen LogP contribution is 2.37. The van der Waals surface area contributed by atoms with Crippen LogP contribution in [0.3, 0.4) is 0 Å². The van der Waals surface area contributed by atoms with Crippen molar-refractivity contribution in [2.75, 3.05) is 0 Å². The zero-order valence-corrected chi connectivity index (χ0v) is 22.9. The number of nitrogens with zero attached hydrogens (tertiary/aromatic N) is 4. The molecule has 4 N–H and O–H groups in total. The van der Waals surface area contributed by atoms with Crippen LogP contribution >= 0.6 is 0 Å². The van der Waals surface area contributed by atoms with E-state index in [-0.39, 0.29) is 11.6 Å². The lowest BCUT2D eigenvalue weighted by Gasteiger charge is -2.25. The topological polar surface area (TPSA) is 153 Å². The van der Waals surface area contributed by atoms with E-state index >= 15 is 0 Å². The molecule has 6 rings (SSSR count). The second-order valence-corrected chi connectivity index (χ2v) is 10.7. The number of fused-ring (bicyclic) bond motifs is 2. The molecule has 1 aliphatic rings. The normalized spacial score (nSPS) is 14.6. The molecular formula is C32H30N6O4. The zero-order valence-electron chi connectivity index (χ0n) is 22.9. The number of hydrogen-bond acceptors (Lipinski definition) is 6. The van der Waals surface area contributed by atoms with Gasteiger partial charge in [0, 0.05) is 22.7 Å². The van der Waals surface area contributed by atoms with Crippen LogP contribution in [0, 0.1) is 0 Å². The van der Waals surface area contributed by atoms with Crippen molar-refractivity contribution in [1.29, 1.82) is 0 Å². The molecule has 2 aromatic heterocycles. The predicted molar refractivity (Wildman–Crippen MR) is 159 cm³/mol. The average molecular weight is 563 g/mol. The molecule has 1 fully saturated rings. The van der Waals surface area contributed by atoms with Gasteiger partial charge in [0.25, 0.3) is 5.91 Å². The molecule has 0 bridgehead atoms. The van der Waals surface area contributed by atoms with Gasteiger partial charge in [-0.1, -0.05) is 49.6 Å². The summed E-state index contributed by atoms with van der Waals surface area (Å²) in [6, 6.07) is 19.9. The minimum Gasteiger partial charge on any atom is -0.480 e. The number of carboxylic acid groups (broad SMARTS) is 1. The standard InChI is InChI=1S/C32H30N6O4/c33-29(39)17-26(32(41)42)37-31(40)21-12-14-28-25(16-21)36-30(38(28)22-9-5-2-6-10-22)20-11-13-23-24(15-20)34-18-27(35-23)19-7-3-1-4-8-19/h1,3-4,7-8,11-16,18,22,26H,2,5-6,9-10,17H2,(H2,33,39)(H,37,40)(H,41,42). The van der Waals surface area contributed by atoms with Crippen LogP contribution in [0.15, 0.2) is 72.9 Å². The van der Waals surface area contributed by atoms with E-state index in [1.165, 1.54) is 6.42 Å². The number of rotatable bonds is 8. The summed E-state index contributed by atoms with van der Waals surface area (Å²) in [5.41, 5.74) is 11.2. The fraction of sp³-hybridized carbons (Fsp3) is 0.250. The Bertz CT molecular complexity index is 1810. The summed E-state index contributed by atoms with van der Waals surface area (Å²) in [6.45, 7) is 0. The van der Waals surface area contributed by atoms with Crippen molar-refractivity contribution in [3.05, 3.63) is 78.5 Å². The van der Waals surface area contributed by atoms with Crippen LogP contribution in [0.2, 0.25) is 0 Å². The molecule has 0 saturated heterocycles. The first-order valence-corrected chi connectivity index (χ1v) is 14.0. The SMILES string of the molecule is NC(=O)CC(NC(=O)c1ccc2c(c1)nc(-c1ccc3nc(-c4ccccc4)cnc3c1)n2C1CCCCC1)C(=O)O. The van der Waals surface area contributed by atoms with Crippen molar-refractivity contribution in [2.45, 2.75) is 50.6 Å². The van der Waals surface area contributed by atoms with Crippen molar-refractivity contribution >= 4 is 39.9 Å². The number of carbonyl (C=O) groups is 3. The molecule has 10 nitrogen and oxygen atoms in total. The Morgan fingerprint density at radius 2 is 1.69 bits per heavy atom. The number of aromatic nitrogens is 4. The summed E-state index contributed by atoms with van der Waals surface area (Å²) in [6.07, 6.45) is 6.80. The van der Waals surface area contributed by atoms with Crippen LogP contribution in [-0.4, -0.2) is 48.5 Å². The first kappa shape index (κ1) is 27.1. The molecule has 1 unspecified atom stereocenters. The fourth-order valence-corrected chi connectivity index (χ4v) is 5.69.